The third kappa shape index (κ3) is 3.17. The zero-order chi connectivity index (χ0) is 13.9. The van der Waals surface area contributed by atoms with Crippen LogP contribution in [0.1, 0.15) is 36.6 Å². The molecular weight excluding hydrogens is 246 g/mol. The Balaban J connectivity index is 1.74. The highest BCUT2D eigenvalue weighted by molar-refractivity contribution is 5.79. The highest BCUT2D eigenvalue weighted by atomic mass is 14.9. The van der Waals surface area contributed by atoms with E-state index in [1.165, 1.54) is 30.2 Å². The maximum absolute atomic E-state index is 5.93. The van der Waals surface area contributed by atoms with Gasteiger partial charge in [0.1, 0.15) is 0 Å². The number of fused-ring (bicyclic) bond motifs is 1. The molecule has 1 saturated carbocycles. The van der Waals surface area contributed by atoms with E-state index in [0.717, 1.165) is 23.7 Å². The lowest BCUT2D eigenvalue weighted by atomic mass is 10.0. The highest BCUT2D eigenvalue weighted by Crippen LogP contribution is 2.32. The van der Waals surface area contributed by atoms with Crippen LogP contribution in [0.25, 0.3) is 10.9 Å². The van der Waals surface area contributed by atoms with Gasteiger partial charge >= 0.3 is 0 Å². The largest absolute Gasteiger partial charge is 0.329 e. The number of nitrogens with one attached hydrogen (secondary N) is 1. The fourth-order valence-electron chi connectivity index (χ4n) is 2.67. The van der Waals surface area contributed by atoms with Gasteiger partial charge < -0.3 is 11.1 Å². The Labute approximate surface area is 120 Å². The van der Waals surface area contributed by atoms with Crippen LogP contribution in [-0.4, -0.2) is 18.1 Å². The minimum absolute atomic E-state index is 0.249. The smallest absolute Gasteiger partial charge is 0.0705 e. The Morgan fingerprint density at radius 1 is 1.30 bits per heavy atom. The van der Waals surface area contributed by atoms with Crippen LogP contribution >= 0.6 is 0 Å². The molecule has 1 aliphatic rings. The van der Waals surface area contributed by atoms with Gasteiger partial charge in [0, 0.05) is 23.7 Å². The van der Waals surface area contributed by atoms with E-state index in [1.807, 2.05) is 6.92 Å². The molecule has 2 aromatic rings. The summed E-state index contributed by atoms with van der Waals surface area (Å²) in [6.07, 6.45) is 4.11. The fourth-order valence-corrected chi connectivity index (χ4v) is 2.67. The Morgan fingerprint density at radius 3 is 2.90 bits per heavy atom. The number of nitrogens with two attached hydrogens (primary N) is 1. The fraction of sp³-hybridized carbons (Fsp3) is 0.471. The first kappa shape index (κ1) is 13.5. The summed E-state index contributed by atoms with van der Waals surface area (Å²) in [4.78, 5) is 4.54. The molecule has 1 aromatic carbocycles. The second kappa shape index (κ2) is 5.90. The first-order chi connectivity index (χ1) is 9.76. The van der Waals surface area contributed by atoms with Gasteiger partial charge in [0.25, 0.3) is 0 Å². The van der Waals surface area contributed by atoms with Gasteiger partial charge in [-0.25, -0.2) is 0 Å². The first-order valence-electron chi connectivity index (χ1n) is 7.57. The monoisotopic (exact) mass is 269 g/mol. The number of aromatic nitrogens is 1. The van der Waals surface area contributed by atoms with Crippen molar-refractivity contribution in [2.75, 3.05) is 13.1 Å². The van der Waals surface area contributed by atoms with Crippen LogP contribution in [0.2, 0.25) is 0 Å². The van der Waals surface area contributed by atoms with Crippen LogP contribution in [0, 0.1) is 12.8 Å². The number of pyridine rings is 1. The number of rotatable bonds is 6. The third-order valence-corrected chi connectivity index (χ3v) is 4.13. The number of hydrogen-bond donors (Lipinski definition) is 2. The Kier molecular flexibility index (Phi) is 3.99. The molecular formula is C17H23N3. The van der Waals surface area contributed by atoms with E-state index in [4.69, 9.17) is 5.73 Å². The maximum Gasteiger partial charge on any atom is 0.0705 e. The van der Waals surface area contributed by atoms with Gasteiger partial charge in [0.2, 0.25) is 0 Å². The van der Waals surface area contributed by atoms with Gasteiger partial charge in [-0.3, -0.25) is 4.98 Å². The lowest BCUT2D eigenvalue weighted by Gasteiger charge is -2.18. The number of hydrogen-bond acceptors (Lipinski definition) is 3. The Morgan fingerprint density at radius 2 is 2.15 bits per heavy atom. The van der Waals surface area contributed by atoms with Gasteiger partial charge in [-0.2, -0.15) is 0 Å². The lowest BCUT2D eigenvalue weighted by molar-refractivity contribution is 0.516. The van der Waals surface area contributed by atoms with E-state index in [1.54, 1.807) is 0 Å². The quantitative estimate of drug-likeness (QED) is 0.847. The average molecular weight is 269 g/mol. The second-order valence-electron chi connectivity index (χ2n) is 5.88. The summed E-state index contributed by atoms with van der Waals surface area (Å²) in [5, 5.41) is 4.78. The summed E-state index contributed by atoms with van der Waals surface area (Å²) in [7, 11) is 0. The molecule has 0 aliphatic heterocycles. The van der Waals surface area contributed by atoms with Crippen LogP contribution in [0.15, 0.2) is 30.3 Å². The summed E-state index contributed by atoms with van der Waals surface area (Å²) >= 11 is 0. The van der Waals surface area contributed by atoms with E-state index in [0.29, 0.717) is 6.54 Å². The molecule has 3 rings (SSSR count). The van der Waals surface area contributed by atoms with E-state index in [-0.39, 0.29) is 6.04 Å². The van der Waals surface area contributed by atoms with E-state index in [9.17, 15) is 0 Å². The zero-order valence-corrected chi connectivity index (χ0v) is 12.1. The summed E-state index contributed by atoms with van der Waals surface area (Å²) < 4.78 is 0. The molecule has 3 heteroatoms. The normalized spacial score (nSPS) is 16.5. The molecule has 0 spiro atoms. The van der Waals surface area contributed by atoms with Crippen molar-refractivity contribution in [3.8, 4) is 0 Å². The standard InChI is InChI=1S/C17H23N3/c1-12-2-5-14-10-15(6-7-16(14)20-12)17(11-18)19-9-8-13-3-4-13/h2,5-7,10,13,17,19H,3-4,8-9,11,18H2,1H3. The summed E-state index contributed by atoms with van der Waals surface area (Å²) in [6, 6.07) is 10.9. The molecule has 106 valence electrons. The lowest BCUT2D eigenvalue weighted by Crippen LogP contribution is -2.29. The highest BCUT2D eigenvalue weighted by Gasteiger charge is 2.21. The predicted octanol–water partition coefficient (Wildman–Crippen LogP) is 2.93. The first-order valence-corrected chi connectivity index (χ1v) is 7.57. The van der Waals surface area contributed by atoms with Crippen molar-refractivity contribution >= 4 is 10.9 Å². The van der Waals surface area contributed by atoms with Crippen LogP contribution in [0.3, 0.4) is 0 Å². The van der Waals surface area contributed by atoms with Crippen LogP contribution in [0.4, 0.5) is 0 Å². The van der Waals surface area contributed by atoms with Gasteiger partial charge in [-0.1, -0.05) is 25.0 Å². The predicted molar refractivity (Wildman–Crippen MR) is 83.6 cm³/mol. The summed E-state index contributed by atoms with van der Waals surface area (Å²) in [5.41, 5.74) is 9.31. The molecule has 1 aliphatic carbocycles. The number of benzene rings is 1. The third-order valence-electron chi connectivity index (χ3n) is 4.13. The number of nitrogens with zero attached hydrogens (tertiary/aromatic N) is 1. The molecule has 0 radical (unpaired) electrons. The van der Waals surface area contributed by atoms with Crippen molar-refractivity contribution in [3.63, 3.8) is 0 Å². The van der Waals surface area contributed by atoms with Crippen LogP contribution in [-0.2, 0) is 0 Å². The van der Waals surface area contributed by atoms with E-state index >= 15 is 0 Å². The maximum atomic E-state index is 5.93. The van der Waals surface area contributed by atoms with Crippen molar-refractivity contribution in [2.24, 2.45) is 11.7 Å². The van der Waals surface area contributed by atoms with Crippen molar-refractivity contribution in [1.82, 2.24) is 10.3 Å². The van der Waals surface area contributed by atoms with Gasteiger partial charge in [0.15, 0.2) is 0 Å². The Hall–Kier alpha value is -1.45. The summed E-state index contributed by atoms with van der Waals surface area (Å²) in [6.45, 7) is 3.72. The van der Waals surface area contributed by atoms with Crippen molar-refractivity contribution in [2.45, 2.75) is 32.2 Å². The molecule has 3 N–H and O–H groups in total. The second-order valence-corrected chi connectivity index (χ2v) is 5.88. The van der Waals surface area contributed by atoms with Crippen LogP contribution < -0.4 is 11.1 Å². The molecule has 1 atom stereocenters. The minimum Gasteiger partial charge on any atom is -0.329 e. The molecule has 0 amide bonds. The molecule has 20 heavy (non-hydrogen) atoms. The van der Waals surface area contributed by atoms with E-state index < -0.39 is 0 Å². The van der Waals surface area contributed by atoms with E-state index in [2.05, 4.69) is 40.6 Å². The van der Waals surface area contributed by atoms with Crippen molar-refractivity contribution in [3.05, 3.63) is 41.6 Å². The van der Waals surface area contributed by atoms with Crippen LogP contribution in [0.5, 0.6) is 0 Å². The molecule has 1 aromatic heterocycles. The minimum atomic E-state index is 0.249. The molecule has 0 bridgehead atoms. The molecule has 0 saturated heterocycles. The molecule has 3 nitrogen and oxygen atoms in total. The molecule has 1 fully saturated rings. The number of aryl methyl sites for hydroxylation is 1. The average Bonchev–Trinajstić information content (AvgIpc) is 3.27. The zero-order valence-electron chi connectivity index (χ0n) is 12.1. The SMILES string of the molecule is Cc1ccc2cc(C(CN)NCCC3CC3)ccc2n1. The van der Waals surface area contributed by atoms with Gasteiger partial charge in [-0.15, -0.1) is 0 Å². The Bertz CT molecular complexity index is 590. The van der Waals surface area contributed by atoms with Crippen molar-refractivity contribution in [1.29, 1.82) is 0 Å². The molecule has 1 unspecified atom stereocenters. The van der Waals surface area contributed by atoms with Crippen molar-refractivity contribution < 1.29 is 0 Å². The van der Waals surface area contributed by atoms with Gasteiger partial charge in [0.05, 0.1) is 5.52 Å². The topological polar surface area (TPSA) is 50.9 Å². The summed E-state index contributed by atoms with van der Waals surface area (Å²) in [5.74, 6) is 0.963. The van der Waals surface area contributed by atoms with Gasteiger partial charge in [-0.05, 0) is 49.6 Å². The molecule has 1 heterocycles.